The van der Waals surface area contributed by atoms with E-state index in [4.69, 9.17) is 0 Å². The molecule has 0 aliphatic carbocycles. The van der Waals surface area contributed by atoms with Crippen LogP contribution >= 0.6 is 11.3 Å². The normalized spacial score (nSPS) is 13.4. The molecule has 1 heterocycles. The number of rotatable bonds is 4. The van der Waals surface area contributed by atoms with Gasteiger partial charge in [0.2, 0.25) is 0 Å². The second-order valence-electron chi connectivity index (χ2n) is 5.60. The monoisotopic (exact) mass is 270 g/mol. The molecular weight excluding hydrogens is 248 g/mol. The minimum absolute atomic E-state index is 0.251. The first-order valence-corrected chi connectivity index (χ1v) is 6.97. The molecule has 0 bridgehead atoms. The molecule has 1 aromatic heterocycles. The average Bonchev–Trinajstić information content (AvgIpc) is 2.71. The third-order valence-electron chi connectivity index (χ3n) is 3.07. The fourth-order valence-electron chi connectivity index (χ4n) is 1.58. The number of hydrogen-bond donors (Lipinski definition) is 1. The van der Waals surface area contributed by atoms with Crippen molar-refractivity contribution in [2.24, 2.45) is 0 Å². The average molecular weight is 270 g/mol. The van der Waals surface area contributed by atoms with Gasteiger partial charge in [-0.25, -0.2) is 9.78 Å². The summed E-state index contributed by atoms with van der Waals surface area (Å²) in [6.07, 6.45) is 1.00. The molecule has 1 unspecified atom stereocenters. The Hall–Kier alpha value is -1.10. The molecule has 0 fully saturated rings. The van der Waals surface area contributed by atoms with E-state index in [1.807, 2.05) is 32.7 Å². The first-order valence-electron chi connectivity index (χ1n) is 6.15. The lowest BCUT2D eigenvalue weighted by Gasteiger charge is -2.23. The highest BCUT2D eigenvalue weighted by molar-refractivity contribution is 7.17. The highest BCUT2D eigenvalue weighted by atomic mass is 32.1. The minimum Gasteiger partial charge on any atom is -0.477 e. The van der Waals surface area contributed by atoms with E-state index in [1.54, 1.807) is 0 Å². The van der Waals surface area contributed by atoms with Gasteiger partial charge in [-0.3, -0.25) is 0 Å². The summed E-state index contributed by atoms with van der Waals surface area (Å²) in [6.45, 7) is 10.2. The Morgan fingerprint density at radius 2 is 2.06 bits per heavy atom. The number of carboxylic acid groups (broad SMARTS) is 1. The van der Waals surface area contributed by atoms with Gasteiger partial charge < -0.3 is 10.0 Å². The number of nitrogens with zero attached hydrogens (tertiary/aromatic N) is 2. The lowest BCUT2D eigenvalue weighted by atomic mass is 9.91. The number of hydrogen-bond acceptors (Lipinski definition) is 4. The van der Waals surface area contributed by atoms with Crippen LogP contribution in [0.4, 0.5) is 5.13 Å². The van der Waals surface area contributed by atoms with Gasteiger partial charge in [0, 0.05) is 18.5 Å². The van der Waals surface area contributed by atoms with Crippen LogP contribution in [-0.4, -0.2) is 29.1 Å². The number of aromatic carboxylic acids is 1. The van der Waals surface area contributed by atoms with Crippen molar-refractivity contribution in [1.29, 1.82) is 0 Å². The zero-order valence-electron chi connectivity index (χ0n) is 11.9. The lowest BCUT2D eigenvalue weighted by Crippen LogP contribution is -2.28. The van der Waals surface area contributed by atoms with Crippen molar-refractivity contribution in [3.8, 4) is 0 Å². The highest BCUT2D eigenvalue weighted by Crippen LogP contribution is 2.34. The number of thiazole rings is 1. The molecular formula is C13H22N2O2S. The number of carboxylic acids is 1. The molecule has 1 atom stereocenters. The summed E-state index contributed by atoms with van der Waals surface area (Å²) >= 11 is 1.26. The van der Waals surface area contributed by atoms with E-state index >= 15 is 0 Å². The standard InChI is InChI=1S/C13H22N2O2S/c1-7-8(2)15(6)12-14-10(13(3,4)5)9(18-12)11(16)17/h8H,7H2,1-6H3,(H,16,17). The van der Waals surface area contributed by atoms with E-state index in [0.29, 0.717) is 16.6 Å². The molecule has 1 rings (SSSR count). The molecule has 0 amide bonds. The topological polar surface area (TPSA) is 53.4 Å². The van der Waals surface area contributed by atoms with Crippen molar-refractivity contribution >= 4 is 22.4 Å². The van der Waals surface area contributed by atoms with Crippen LogP contribution < -0.4 is 4.90 Å². The second-order valence-corrected chi connectivity index (χ2v) is 6.58. The second kappa shape index (κ2) is 5.26. The van der Waals surface area contributed by atoms with Crippen LogP contribution in [0.1, 0.15) is 56.4 Å². The number of aromatic nitrogens is 1. The highest BCUT2D eigenvalue weighted by Gasteiger charge is 2.28. The summed E-state index contributed by atoms with van der Waals surface area (Å²) in [7, 11) is 1.96. The maximum Gasteiger partial charge on any atom is 0.347 e. The zero-order chi connectivity index (χ0) is 14.1. The molecule has 0 aromatic carbocycles. The van der Waals surface area contributed by atoms with Crippen molar-refractivity contribution in [3.63, 3.8) is 0 Å². The van der Waals surface area contributed by atoms with Crippen molar-refractivity contribution in [3.05, 3.63) is 10.6 Å². The summed E-state index contributed by atoms with van der Waals surface area (Å²) < 4.78 is 0. The molecule has 0 radical (unpaired) electrons. The molecule has 5 heteroatoms. The predicted octanol–water partition coefficient (Wildman–Crippen LogP) is 3.37. The zero-order valence-corrected chi connectivity index (χ0v) is 12.8. The molecule has 18 heavy (non-hydrogen) atoms. The van der Waals surface area contributed by atoms with Crippen LogP contribution in [0.5, 0.6) is 0 Å². The van der Waals surface area contributed by atoms with Gasteiger partial charge in [0.05, 0.1) is 5.69 Å². The van der Waals surface area contributed by atoms with Gasteiger partial charge in [0.25, 0.3) is 0 Å². The Kier molecular flexibility index (Phi) is 4.37. The van der Waals surface area contributed by atoms with Gasteiger partial charge in [-0.15, -0.1) is 0 Å². The van der Waals surface area contributed by atoms with Gasteiger partial charge >= 0.3 is 5.97 Å². The SMILES string of the molecule is CCC(C)N(C)c1nc(C(C)(C)C)c(C(=O)O)s1. The van der Waals surface area contributed by atoms with Gasteiger partial charge in [0.1, 0.15) is 4.88 Å². The van der Waals surface area contributed by atoms with Crippen LogP contribution in [0.3, 0.4) is 0 Å². The van der Waals surface area contributed by atoms with E-state index in [2.05, 4.69) is 18.8 Å². The summed E-state index contributed by atoms with van der Waals surface area (Å²) in [5.41, 5.74) is 0.420. The Bertz CT molecular complexity index is 435. The maximum absolute atomic E-state index is 11.3. The van der Waals surface area contributed by atoms with E-state index < -0.39 is 5.97 Å². The number of carbonyl (C=O) groups is 1. The van der Waals surface area contributed by atoms with Crippen molar-refractivity contribution in [2.75, 3.05) is 11.9 Å². The fourth-order valence-corrected chi connectivity index (χ4v) is 2.75. The molecule has 1 N–H and O–H groups in total. The molecule has 0 aliphatic heterocycles. The van der Waals surface area contributed by atoms with Crippen molar-refractivity contribution in [2.45, 2.75) is 52.5 Å². The van der Waals surface area contributed by atoms with E-state index in [-0.39, 0.29) is 5.41 Å². The third-order valence-corrected chi connectivity index (χ3v) is 4.21. The summed E-state index contributed by atoms with van der Waals surface area (Å²) in [5.74, 6) is -0.888. The van der Waals surface area contributed by atoms with Crippen LogP contribution in [-0.2, 0) is 5.41 Å². The van der Waals surface area contributed by atoms with Crippen LogP contribution in [0.15, 0.2) is 0 Å². The fraction of sp³-hybridized carbons (Fsp3) is 0.692. The van der Waals surface area contributed by atoms with E-state index in [1.165, 1.54) is 11.3 Å². The quantitative estimate of drug-likeness (QED) is 0.911. The molecule has 102 valence electrons. The Balaban J connectivity index is 3.22. The molecule has 1 aromatic rings. The maximum atomic E-state index is 11.3. The van der Waals surface area contributed by atoms with Crippen LogP contribution in [0.2, 0.25) is 0 Å². The largest absolute Gasteiger partial charge is 0.477 e. The van der Waals surface area contributed by atoms with Gasteiger partial charge in [-0.1, -0.05) is 39.0 Å². The van der Waals surface area contributed by atoms with Gasteiger partial charge in [-0.05, 0) is 13.3 Å². The van der Waals surface area contributed by atoms with Gasteiger partial charge in [-0.2, -0.15) is 0 Å². The molecule has 0 saturated carbocycles. The van der Waals surface area contributed by atoms with Gasteiger partial charge in [0.15, 0.2) is 5.13 Å². The Labute approximate surface area is 113 Å². The van der Waals surface area contributed by atoms with E-state index in [9.17, 15) is 9.90 Å². The molecule has 0 saturated heterocycles. The summed E-state index contributed by atoms with van der Waals surface area (Å²) in [6, 6.07) is 0.352. The summed E-state index contributed by atoms with van der Waals surface area (Å²) in [4.78, 5) is 18.2. The van der Waals surface area contributed by atoms with Crippen molar-refractivity contribution in [1.82, 2.24) is 4.98 Å². The molecule has 4 nitrogen and oxygen atoms in total. The smallest absolute Gasteiger partial charge is 0.347 e. The minimum atomic E-state index is -0.888. The first-order chi connectivity index (χ1) is 8.18. The first kappa shape index (κ1) is 15.0. The summed E-state index contributed by atoms with van der Waals surface area (Å²) in [5, 5.41) is 10.1. The lowest BCUT2D eigenvalue weighted by molar-refractivity contribution is 0.0699. The predicted molar refractivity (Wildman–Crippen MR) is 75.9 cm³/mol. The van der Waals surface area contributed by atoms with Crippen LogP contribution in [0.25, 0.3) is 0 Å². The molecule has 0 spiro atoms. The van der Waals surface area contributed by atoms with E-state index in [0.717, 1.165) is 11.6 Å². The Morgan fingerprint density at radius 1 is 1.50 bits per heavy atom. The van der Waals surface area contributed by atoms with Crippen LogP contribution in [0, 0.1) is 0 Å². The molecule has 0 aliphatic rings. The third kappa shape index (κ3) is 3.02. The number of anilines is 1. The van der Waals surface area contributed by atoms with Crippen molar-refractivity contribution < 1.29 is 9.90 Å². The Morgan fingerprint density at radius 3 is 2.39 bits per heavy atom.